The molecule has 0 bridgehead atoms. The van der Waals surface area contributed by atoms with E-state index < -0.39 is 6.04 Å². The number of urea groups is 1. The van der Waals surface area contributed by atoms with E-state index in [-0.39, 0.29) is 12.1 Å². The van der Waals surface area contributed by atoms with Crippen LogP contribution >= 0.6 is 0 Å². The number of aromatic nitrogens is 2. The zero-order valence-corrected chi connectivity index (χ0v) is 18.0. The van der Waals surface area contributed by atoms with E-state index in [0.29, 0.717) is 5.75 Å². The summed E-state index contributed by atoms with van der Waals surface area (Å²) in [6.45, 7) is 3.94. The summed E-state index contributed by atoms with van der Waals surface area (Å²) in [7, 11) is 5.14. The first-order chi connectivity index (χ1) is 14.4. The van der Waals surface area contributed by atoms with E-state index >= 15 is 0 Å². The Labute approximate surface area is 177 Å². The summed E-state index contributed by atoms with van der Waals surface area (Å²) in [6, 6.07) is 12.5. The van der Waals surface area contributed by atoms with Crippen LogP contribution in [0.1, 0.15) is 41.5 Å². The summed E-state index contributed by atoms with van der Waals surface area (Å²) in [5.74, 6) is 2.17. The normalized spacial score (nSPS) is 12.7. The third-order valence-corrected chi connectivity index (χ3v) is 5.02. The fraction of sp³-hybridized carbons (Fsp3) is 0.304. The maximum Gasteiger partial charge on any atom is 0.316 e. The lowest BCUT2D eigenvalue weighted by Gasteiger charge is -2.23. The summed E-state index contributed by atoms with van der Waals surface area (Å²) in [5.41, 5.74) is 2.89. The lowest BCUT2D eigenvalue weighted by Crippen LogP contribution is -2.40. The van der Waals surface area contributed by atoms with E-state index in [0.717, 1.165) is 28.3 Å². The molecule has 0 saturated carbocycles. The van der Waals surface area contributed by atoms with E-state index in [1.165, 1.54) is 0 Å². The van der Waals surface area contributed by atoms with Crippen molar-refractivity contribution < 1.29 is 14.3 Å². The number of carbonyl (C=O) groups excluding carboxylic acids is 1. The number of amides is 2. The summed E-state index contributed by atoms with van der Waals surface area (Å²) in [4.78, 5) is 17.4. The minimum absolute atomic E-state index is 0.243. The first-order valence-electron chi connectivity index (χ1n) is 9.75. The number of rotatable bonds is 7. The van der Waals surface area contributed by atoms with E-state index in [1.54, 1.807) is 20.4 Å². The number of aryl methyl sites for hydroxylation is 2. The first-order valence-corrected chi connectivity index (χ1v) is 9.75. The molecule has 3 rings (SSSR count). The molecule has 158 valence electrons. The van der Waals surface area contributed by atoms with Crippen molar-refractivity contribution in [3.8, 4) is 11.5 Å². The molecule has 0 saturated heterocycles. The quantitative estimate of drug-likeness (QED) is 0.622. The van der Waals surface area contributed by atoms with Gasteiger partial charge >= 0.3 is 6.03 Å². The van der Waals surface area contributed by atoms with Crippen LogP contribution in [0.2, 0.25) is 0 Å². The zero-order valence-electron chi connectivity index (χ0n) is 18.0. The number of hydrogen-bond acceptors (Lipinski definition) is 4. The van der Waals surface area contributed by atoms with Crippen molar-refractivity contribution in [2.75, 3.05) is 14.2 Å². The van der Waals surface area contributed by atoms with Crippen LogP contribution in [0.5, 0.6) is 11.5 Å². The molecule has 0 spiro atoms. The molecule has 30 heavy (non-hydrogen) atoms. The van der Waals surface area contributed by atoms with Gasteiger partial charge in [0, 0.05) is 25.0 Å². The van der Waals surface area contributed by atoms with Crippen molar-refractivity contribution in [1.29, 1.82) is 0 Å². The zero-order chi connectivity index (χ0) is 21.7. The molecule has 2 N–H and O–H groups in total. The maximum atomic E-state index is 12.9. The Morgan fingerprint density at radius 3 is 2.57 bits per heavy atom. The van der Waals surface area contributed by atoms with Crippen molar-refractivity contribution >= 4 is 6.03 Å². The molecule has 0 aliphatic carbocycles. The minimum Gasteiger partial charge on any atom is -0.497 e. The highest BCUT2D eigenvalue weighted by Gasteiger charge is 2.23. The number of hydrogen-bond donors (Lipinski definition) is 2. The van der Waals surface area contributed by atoms with Gasteiger partial charge in [0.15, 0.2) is 0 Å². The molecular weight excluding hydrogens is 380 g/mol. The standard InChI is InChI=1S/C23H28N4O3/c1-15-9-10-20(30-5)19(13-15)16(2)25-23(28)26-21(22-24-11-12-27(22)3)17-7-6-8-18(14-17)29-4/h6-14,16,21H,1-5H3,(H2,25,26,28). The van der Waals surface area contributed by atoms with Crippen LogP contribution in [0.15, 0.2) is 54.9 Å². The van der Waals surface area contributed by atoms with Crippen LogP contribution in [0, 0.1) is 6.92 Å². The third kappa shape index (κ3) is 4.74. The average molecular weight is 409 g/mol. The average Bonchev–Trinajstić information content (AvgIpc) is 3.17. The predicted octanol–water partition coefficient (Wildman–Crippen LogP) is 3.90. The number of ether oxygens (including phenoxy) is 2. The smallest absolute Gasteiger partial charge is 0.316 e. The Morgan fingerprint density at radius 2 is 1.90 bits per heavy atom. The van der Waals surface area contributed by atoms with Crippen LogP contribution in [-0.2, 0) is 7.05 Å². The van der Waals surface area contributed by atoms with Gasteiger partial charge in [-0.2, -0.15) is 0 Å². The molecule has 0 aliphatic rings. The molecule has 0 radical (unpaired) electrons. The summed E-state index contributed by atoms with van der Waals surface area (Å²) in [5, 5.41) is 6.06. The van der Waals surface area contributed by atoms with Crippen molar-refractivity contribution in [3.63, 3.8) is 0 Å². The van der Waals surface area contributed by atoms with Gasteiger partial charge in [-0.3, -0.25) is 0 Å². The highest BCUT2D eigenvalue weighted by atomic mass is 16.5. The van der Waals surface area contributed by atoms with E-state index in [4.69, 9.17) is 9.47 Å². The van der Waals surface area contributed by atoms with Gasteiger partial charge < -0.3 is 24.7 Å². The van der Waals surface area contributed by atoms with Gasteiger partial charge in [0.2, 0.25) is 0 Å². The Morgan fingerprint density at radius 1 is 1.10 bits per heavy atom. The number of nitrogens with zero attached hydrogens (tertiary/aromatic N) is 2. The van der Waals surface area contributed by atoms with Gasteiger partial charge in [-0.1, -0.05) is 29.8 Å². The lowest BCUT2D eigenvalue weighted by atomic mass is 10.0. The monoisotopic (exact) mass is 408 g/mol. The molecule has 0 fully saturated rings. The Balaban J connectivity index is 1.83. The molecule has 7 heteroatoms. The van der Waals surface area contributed by atoms with Gasteiger partial charge in [0.25, 0.3) is 0 Å². The number of methoxy groups -OCH3 is 2. The van der Waals surface area contributed by atoms with Gasteiger partial charge in [0.05, 0.1) is 20.3 Å². The van der Waals surface area contributed by atoms with E-state index in [1.807, 2.05) is 74.1 Å². The minimum atomic E-state index is -0.438. The second-order valence-corrected chi connectivity index (χ2v) is 7.19. The number of benzene rings is 2. The number of nitrogens with one attached hydrogen (secondary N) is 2. The fourth-order valence-electron chi connectivity index (χ4n) is 3.41. The van der Waals surface area contributed by atoms with Gasteiger partial charge in [-0.05, 0) is 37.6 Å². The van der Waals surface area contributed by atoms with Crippen LogP contribution in [0.25, 0.3) is 0 Å². The SMILES string of the molecule is COc1cccc(C(NC(=O)NC(C)c2cc(C)ccc2OC)c2nccn2C)c1. The summed E-state index contributed by atoms with van der Waals surface area (Å²) < 4.78 is 12.7. The molecule has 2 amide bonds. The van der Waals surface area contributed by atoms with Crippen LogP contribution in [0.3, 0.4) is 0 Å². The van der Waals surface area contributed by atoms with Crippen molar-refractivity contribution in [1.82, 2.24) is 20.2 Å². The van der Waals surface area contributed by atoms with Crippen molar-refractivity contribution in [2.24, 2.45) is 7.05 Å². The summed E-state index contributed by atoms with van der Waals surface area (Å²) in [6.07, 6.45) is 3.56. The molecule has 2 unspecified atom stereocenters. The van der Waals surface area contributed by atoms with E-state index in [2.05, 4.69) is 15.6 Å². The predicted molar refractivity (Wildman–Crippen MR) is 116 cm³/mol. The van der Waals surface area contributed by atoms with E-state index in [9.17, 15) is 4.79 Å². The second-order valence-electron chi connectivity index (χ2n) is 7.19. The van der Waals surface area contributed by atoms with Gasteiger partial charge in [-0.15, -0.1) is 0 Å². The largest absolute Gasteiger partial charge is 0.497 e. The Kier molecular flexibility index (Phi) is 6.61. The second kappa shape index (κ2) is 9.35. The topological polar surface area (TPSA) is 77.4 Å². The van der Waals surface area contributed by atoms with Crippen LogP contribution < -0.4 is 20.1 Å². The van der Waals surface area contributed by atoms with Crippen molar-refractivity contribution in [3.05, 3.63) is 77.4 Å². The van der Waals surface area contributed by atoms with Crippen LogP contribution in [0.4, 0.5) is 4.79 Å². The Hall–Kier alpha value is -3.48. The number of imidazole rings is 1. The third-order valence-electron chi connectivity index (χ3n) is 5.02. The van der Waals surface area contributed by atoms with Crippen LogP contribution in [-0.4, -0.2) is 29.8 Å². The molecule has 3 aromatic rings. The molecule has 1 aromatic heterocycles. The highest BCUT2D eigenvalue weighted by Crippen LogP contribution is 2.27. The fourth-order valence-corrected chi connectivity index (χ4v) is 3.41. The molecule has 2 aromatic carbocycles. The van der Waals surface area contributed by atoms with Crippen molar-refractivity contribution in [2.45, 2.75) is 25.9 Å². The highest BCUT2D eigenvalue weighted by molar-refractivity contribution is 5.75. The lowest BCUT2D eigenvalue weighted by molar-refractivity contribution is 0.235. The summed E-state index contributed by atoms with van der Waals surface area (Å²) >= 11 is 0. The van der Waals surface area contributed by atoms with Gasteiger partial charge in [0.1, 0.15) is 23.4 Å². The molecule has 1 heterocycles. The molecular formula is C23H28N4O3. The molecule has 7 nitrogen and oxygen atoms in total. The first kappa shape index (κ1) is 21.2. The maximum absolute atomic E-state index is 12.9. The number of carbonyl (C=O) groups is 1. The Bertz CT molecular complexity index is 1020. The van der Waals surface area contributed by atoms with Gasteiger partial charge in [-0.25, -0.2) is 9.78 Å². The molecule has 2 atom stereocenters. The molecule has 0 aliphatic heterocycles.